The SMILES string of the molecule is CCN1C[C@@H](C(=O)N2CCC(c3ccc(C(F)(F)F)cc3N3CCC(C(=O)O)CC3)CC2)[C@H](c2ccc(OC)cc2)C1. The molecule has 0 radical (unpaired) electrons. The lowest BCUT2D eigenvalue weighted by atomic mass is 9.84. The summed E-state index contributed by atoms with van der Waals surface area (Å²) in [6, 6.07) is 11.9. The first-order valence-electron chi connectivity index (χ1n) is 14.9. The lowest BCUT2D eigenvalue weighted by molar-refractivity contribution is -0.142. The minimum atomic E-state index is -4.46. The summed E-state index contributed by atoms with van der Waals surface area (Å²) in [6.07, 6.45) is -2.30. The molecule has 3 fully saturated rings. The van der Waals surface area contributed by atoms with Crippen LogP contribution in [0.25, 0.3) is 0 Å². The van der Waals surface area contributed by atoms with Crippen LogP contribution in [-0.2, 0) is 15.8 Å². The van der Waals surface area contributed by atoms with E-state index >= 15 is 0 Å². The minimum absolute atomic E-state index is 0.0247. The summed E-state index contributed by atoms with van der Waals surface area (Å²) in [5, 5.41) is 9.38. The highest BCUT2D eigenvalue weighted by molar-refractivity contribution is 5.81. The number of alkyl halides is 3. The molecule has 1 N–H and O–H groups in total. The van der Waals surface area contributed by atoms with Crippen LogP contribution < -0.4 is 9.64 Å². The van der Waals surface area contributed by atoms with Gasteiger partial charge in [0, 0.05) is 50.9 Å². The molecule has 3 aliphatic heterocycles. The number of hydrogen-bond acceptors (Lipinski definition) is 5. The first kappa shape index (κ1) is 30.2. The summed E-state index contributed by atoms with van der Waals surface area (Å²) >= 11 is 0. The van der Waals surface area contributed by atoms with Gasteiger partial charge in [-0.1, -0.05) is 25.1 Å². The van der Waals surface area contributed by atoms with Crippen molar-refractivity contribution in [3.05, 3.63) is 59.2 Å². The maximum Gasteiger partial charge on any atom is 0.416 e. The topological polar surface area (TPSA) is 73.3 Å². The normalized spacial score (nSPS) is 22.9. The van der Waals surface area contributed by atoms with Crippen molar-refractivity contribution in [3.63, 3.8) is 0 Å². The molecule has 0 unspecified atom stereocenters. The second kappa shape index (κ2) is 12.5. The van der Waals surface area contributed by atoms with Gasteiger partial charge in [0.1, 0.15) is 5.75 Å². The van der Waals surface area contributed by atoms with Gasteiger partial charge >= 0.3 is 12.1 Å². The standard InChI is InChI=1S/C32H40F3N3O4/c1-3-36-19-27(21-4-7-25(42-2)8-5-21)28(20-36)30(39)38-16-10-22(11-17-38)26-9-6-24(32(33,34)35)18-29(26)37-14-12-23(13-15-37)31(40)41/h4-9,18,22-23,27-28H,3,10-17,19-20H2,1-2H3,(H,40,41)/t27-,28+/m0/s1. The predicted molar refractivity (Wildman–Crippen MR) is 154 cm³/mol. The van der Waals surface area contributed by atoms with Crippen LogP contribution in [0.3, 0.4) is 0 Å². The molecule has 0 saturated carbocycles. The highest BCUT2D eigenvalue weighted by atomic mass is 19.4. The van der Waals surface area contributed by atoms with Crippen LogP contribution in [0.2, 0.25) is 0 Å². The van der Waals surface area contributed by atoms with E-state index in [2.05, 4.69) is 11.8 Å². The van der Waals surface area contributed by atoms with Crippen molar-refractivity contribution in [1.29, 1.82) is 0 Å². The number of ether oxygens (including phenoxy) is 1. The zero-order chi connectivity index (χ0) is 30.0. The van der Waals surface area contributed by atoms with Gasteiger partial charge in [0.2, 0.25) is 5.91 Å². The number of benzene rings is 2. The minimum Gasteiger partial charge on any atom is -0.497 e. The first-order valence-corrected chi connectivity index (χ1v) is 14.9. The number of likely N-dealkylation sites (N-methyl/N-ethyl adjacent to an activating group) is 1. The second-order valence-electron chi connectivity index (χ2n) is 11.8. The molecule has 0 bridgehead atoms. The van der Waals surface area contributed by atoms with Gasteiger partial charge in [-0.05, 0) is 73.5 Å². The Bertz CT molecular complexity index is 1250. The van der Waals surface area contributed by atoms with Crippen LogP contribution in [0.1, 0.15) is 61.1 Å². The van der Waals surface area contributed by atoms with Crippen LogP contribution in [-0.4, -0.2) is 79.7 Å². The molecule has 2 aromatic rings. The fourth-order valence-electron chi connectivity index (χ4n) is 6.93. The van der Waals surface area contributed by atoms with Gasteiger partial charge in [0.25, 0.3) is 0 Å². The number of carbonyl (C=O) groups excluding carboxylic acids is 1. The monoisotopic (exact) mass is 587 g/mol. The lowest BCUT2D eigenvalue weighted by Crippen LogP contribution is -2.43. The third-order valence-electron chi connectivity index (χ3n) is 9.49. The molecule has 1 amide bonds. The van der Waals surface area contributed by atoms with Gasteiger partial charge in [-0.25, -0.2) is 0 Å². The van der Waals surface area contributed by atoms with Gasteiger partial charge in [0.15, 0.2) is 0 Å². The first-order chi connectivity index (χ1) is 20.1. The molecule has 10 heteroatoms. The maximum atomic E-state index is 13.9. The molecule has 228 valence electrons. The molecule has 2 aromatic carbocycles. The van der Waals surface area contributed by atoms with Crippen molar-refractivity contribution >= 4 is 17.6 Å². The van der Waals surface area contributed by atoms with E-state index in [1.807, 2.05) is 34.1 Å². The van der Waals surface area contributed by atoms with Crippen molar-refractivity contribution in [3.8, 4) is 5.75 Å². The fourth-order valence-corrected chi connectivity index (χ4v) is 6.93. The van der Waals surface area contributed by atoms with Crippen molar-refractivity contribution in [2.24, 2.45) is 11.8 Å². The van der Waals surface area contributed by atoms with Crippen LogP contribution >= 0.6 is 0 Å². The van der Waals surface area contributed by atoms with E-state index in [0.717, 1.165) is 36.0 Å². The quantitative estimate of drug-likeness (QED) is 0.464. The summed E-state index contributed by atoms with van der Waals surface area (Å²) in [7, 11) is 1.63. The van der Waals surface area contributed by atoms with Gasteiger partial charge in [-0.2, -0.15) is 13.2 Å². The Hall–Kier alpha value is -3.27. The van der Waals surface area contributed by atoms with E-state index in [1.165, 1.54) is 6.07 Å². The molecule has 3 aliphatic rings. The number of carbonyl (C=O) groups is 2. The lowest BCUT2D eigenvalue weighted by Gasteiger charge is -2.38. The number of amides is 1. The van der Waals surface area contributed by atoms with E-state index in [4.69, 9.17) is 4.74 Å². The number of piperidine rings is 2. The Morgan fingerprint density at radius 1 is 0.952 bits per heavy atom. The highest BCUT2D eigenvalue weighted by Gasteiger charge is 2.41. The number of aliphatic carboxylic acids is 1. The summed E-state index contributed by atoms with van der Waals surface area (Å²) in [5.41, 5.74) is 1.84. The number of carboxylic acids is 1. The number of nitrogens with zero attached hydrogens (tertiary/aromatic N) is 3. The van der Waals surface area contributed by atoms with Crippen LogP contribution in [0.15, 0.2) is 42.5 Å². The molecule has 5 rings (SSSR count). The largest absolute Gasteiger partial charge is 0.497 e. The predicted octanol–water partition coefficient (Wildman–Crippen LogP) is 5.46. The van der Waals surface area contributed by atoms with Gasteiger partial charge in [-0.15, -0.1) is 0 Å². The zero-order valence-electron chi connectivity index (χ0n) is 24.3. The Balaban J connectivity index is 1.30. The molecule has 7 nitrogen and oxygen atoms in total. The summed E-state index contributed by atoms with van der Waals surface area (Å²) in [4.78, 5) is 31.5. The third-order valence-corrected chi connectivity index (χ3v) is 9.49. The van der Waals surface area contributed by atoms with Crippen LogP contribution in [0, 0.1) is 11.8 Å². The third kappa shape index (κ3) is 6.38. The van der Waals surface area contributed by atoms with Crippen LogP contribution in [0.5, 0.6) is 5.75 Å². The molecule has 2 atom stereocenters. The van der Waals surface area contributed by atoms with Crippen molar-refractivity contribution in [2.45, 2.75) is 50.6 Å². The van der Waals surface area contributed by atoms with Gasteiger partial charge in [-0.3, -0.25) is 9.59 Å². The van der Waals surface area contributed by atoms with Crippen molar-refractivity contribution in [1.82, 2.24) is 9.80 Å². The molecule has 0 spiro atoms. The van der Waals surface area contributed by atoms with E-state index in [-0.39, 0.29) is 23.7 Å². The van der Waals surface area contributed by atoms with Crippen molar-refractivity contribution in [2.75, 3.05) is 57.8 Å². The molecule has 0 aliphatic carbocycles. The van der Waals surface area contributed by atoms with Gasteiger partial charge < -0.3 is 24.5 Å². The van der Waals surface area contributed by atoms with Crippen LogP contribution in [0.4, 0.5) is 18.9 Å². The average Bonchev–Trinajstić information content (AvgIpc) is 3.45. The number of anilines is 1. The molecule has 3 saturated heterocycles. The van der Waals surface area contributed by atoms with E-state index in [1.54, 1.807) is 13.2 Å². The number of likely N-dealkylation sites (tertiary alicyclic amines) is 2. The molecule has 0 aromatic heterocycles. The molecular weight excluding hydrogens is 547 g/mol. The summed E-state index contributed by atoms with van der Waals surface area (Å²) < 4.78 is 46.3. The smallest absolute Gasteiger partial charge is 0.416 e. The summed E-state index contributed by atoms with van der Waals surface area (Å²) in [6.45, 7) is 6.45. The number of hydrogen-bond donors (Lipinski definition) is 1. The zero-order valence-corrected chi connectivity index (χ0v) is 24.3. The van der Waals surface area contributed by atoms with E-state index in [0.29, 0.717) is 64.1 Å². The van der Waals surface area contributed by atoms with Gasteiger partial charge in [0.05, 0.1) is 24.5 Å². The molecule has 3 heterocycles. The number of carboxylic acid groups (broad SMARTS) is 1. The highest BCUT2D eigenvalue weighted by Crippen LogP contribution is 2.41. The van der Waals surface area contributed by atoms with E-state index in [9.17, 15) is 27.9 Å². The molecular formula is C32H40F3N3O4. The molecule has 42 heavy (non-hydrogen) atoms. The average molecular weight is 588 g/mol. The second-order valence-corrected chi connectivity index (χ2v) is 11.8. The Labute approximate surface area is 245 Å². The Morgan fingerprint density at radius 2 is 1.62 bits per heavy atom. The number of rotatable bonds is 7. The maximum absolute atomic E-state index is 13.9. The fraction of sp³-hybridized carbons (Fsp3) is 0.562. The summed E-state index contributed by atoms with van der Waals surface area (Å²) in [5.74, 6) is -0.420. The van der Waals surface area contributed by atoms with E-state index < -0.39 is 23.6 Å². The Kier molecular flexibility index (Phi) is 9.01. The Morgan fingerprint density at radius 3 is 2.19 bits per heavy atom. The van der Waals surface area contributed by atoms with Crippen molar-refractivity contribution < 1.29 is 32.6 Å². The number of halogens is 3. The number of methoxy groups -OCH3 is 1.